The quantitative estimate of drug-likeness (QED) is 0.246. The predicted octanol–water partition coefficient (Wildman–Crippen LogP) is 6.51. The van der Waals surface area contributed by atoms with Crippen molar-refractivity contribution in [3.8, 4) is 0 Å². The van der Waals surface area contributed by atoms with Crippen LogP contribution in [0.15, 0.2) is 0 Å². The number of carbonyl (C=O) groups is 1. The smallest absolute Gasteiger partial charge is 0.223 e. The number of carbonyl (C=O) groups excluding carboxylic acids is 1. The van der Waals surface area contributed by atoms with Crippen LogP contribution in [0.5, 0.6) is 0 Å². The average Bonchev–Trinajstić information content (AvgIpc) is 3.13. The highest BCUT2D eigenvalue weighted by molar-refractivity contribution is 5.78. The third-order valence-corrected chi connectivity index (χ3v) is 6.92. The molecule has 0 aromatic carbocycles. The van der Waals surface area contributed by atoms with E-state index < -0.39 is 0 Å². The Bertz CT molecular complexity index is 371. The Kier molecular flexibility index (Phi) is 13.8. The average molecular weight is 393 g/mol. The Labute approximate surface area is 175 Å². The molecule has 2 fully saturated rings. The van der Waals surface area contributed by atoms with Gasteiger partial charge in [-0.1, -0.05) is 89.9 Å². The van der Waals surface area contributed by atoms with Gasteiger partial charge in [0.05, 0.1) is 0 Å². The fraction of sp³-hybridized carbons (Fsp3) is 0.960. The van der Waals surface area contributed by atoms with Gasteiger partial charge in [0.2, 0.25) is 5.91 Å². The van der Waals surface area contributed by atoms with Crippen molar-refractivity contribution < 1.29 is 4.79 Å². The zero-order chi connectivity index (χ0) is 19.7. The molecule has 0 aromatic rings. The fourth-order valence-corrected chi connectivity index (χ4v) is 5.00. The van der Waals surface area contributed by atoms with E-state index in [1.165, 1.54) is 116 Å². The van der Waals surface area contributed by atoms with E-state index in [4.69, 9.17) is 0 Å². The van der Waals surface area contributed by atoms with E-state index in [1.807, 2.05) is 0 Å². The lowest BCUT2D eigenvalue weighted by Gasteiger charge is -2.15. The molecule has 2 saturated carbocycles. The monoisotopic (exact) mass is 392 g/mol. The van der Waals surface area contributed by atoms with Crippen LogP contribution in [-0.2, 0) is 4.79 Å². The highest BCUT2D eigenvalue weighted by atomic mass is 16.1. The Balaban J connectivity index is 1.25. The highest BCUT2D eigenvalue weighted by Crippen LogP contribution is 2.24. The highest BCUT2D eigenvalue weighted by Gasteiger charge is 2.21. The topological polar surface area (TPSA) is 41.1 Å². The molecule has 28 heavy (non-hydrogen) atoms. The van der Waals surface area contributed by atoms with Gasteiger partial charge in [0.1, 0.15) is 0 Å². The molecule has 2 aliphatic carbocycles. The summed E-state index contributed by atoms with van der Waals surface area (Å²) in [4.78, 5) is 11.9. The summed E-state index contributed by atoms with van der Waals surface area (Å²) in [5.41, 5.74) is 0. The van der Waals surface area contributed by atoms with Crippen LogP contribution in [0, 0.1) is 5.92 Å². The third kappa shape index (κ3) is 11.4. The lowest BCUT2D eigenvalue weighted by Crippen LogP contribution is -2.30. The molecule has 2 rings (SSSR count). The molecule has 0 aliphatic heterocycles. The van der Waals surface area contributed by atoms with Gasteiger partial charge >= 0.3 is 0 Å². The molecule has 0 saturated heterocycles. The first-order valence-electron chi connectivity index (χ1n) is 12.9. The summed E-state index contributed by atoms with van der Waals surface area (Å²) in [6.45, 7) is 2.13. The van der Waals surface area contributed by atoms with E-state index in [0.717, 1.165) is 31.8 Å². The van der Waals surface area contributed by atoms with Crippen LogP contribution < -0.4 is 10.6 Å². The second kappa shape index (κ2) is 16.3. The van der Waals surface area contributed by atoms with Crippen LogP contribution in [0.3, 0.4) is 0 Å². The van der Waals surface area contributed by atoms with Crippen molar-refractivity contribution in [1.29, 1.82) is 0 Å². The third-order valence-electron chi connectivity index (χ3n) is 6.92. The molecule has 164 valence electrons. The second-order valence-corrected chi connectivity index (χ2v) is 9.45. The van der Waals surface area contributed by atoms with Crippen LogP contribution in [0.25, 0.3) is 0 Å². The molecule has 2 aliphatic rings. The normalized spacial score (nSPS) is 19.0. The molecule has 2 N–H and O–H groups in total. The second-order valence-electron chi connectivity index (χ2n) is 9.45. The number of rotatable bonds is 15. The number of nitrogens with one attached hydrogen (secondary N) is 2. The van der Waals surface area contributed by atoms with Crippen molar-refractivity contribution in [2.45, 2.75) is 134 Å². The van der Waals surface area contributed by atoms with Crippen LogP contribution in [0.4, 0.5) is 0 Å². The summed E-state index contributed by atoms with van der Waals surface area (Å²) in [7, 11) is 0. The fourth-order valence-electron chi connectivity index (χ4n) is 5.00. The van der Waals surface area contributed by atoms with E-state index in [0.29, 0.717) is 11.8 Å². The maximum absolute atomic E-state index is 11.9. The molecule has 0 aromatic heterocycles. The molecule has 0 spiro atoms. The van der Waals surface area contributed by atoms with E-state index in [1.54, 1.807) is 0 Å². The molecule has 0 atom stereocenters. The molecule has 0 radical (unpaired) electrons. The van der Waals surface area contributed by atoms with Crippen molar-refractivity contribution in [3.63, 3.8) is 0 Å². The molecule has 1 amide bonds. The number of amides is 1. The summed E-state index contributed by atoms with van der Waals surface area (Å²) < 4.78 is 0. The van der Waals surface area contributed by atoms with Gasteiger partial charge in [-0.2, -0.15) is 0 Å². The lowest BCUT2D eigenvalue weighted by atomic mass is 10.1. The lowest BCUT2D eigenvalue weighted by molar-refractivity contribution is -0.124. The Hall–Kier alpha value is -0.570. The zero-order valence-electron chi connectivity index (χ0n) is 18.6. The van der Waals surface area contributed by atoms with Gasteiger partial charge in [-0.3, -0.25) is 4.79 Å². The summed E-state index contributed by atoms with van der Waals surface area (Å²) in [6.07, 6.45) is 26.9. The maximum atomic E-state index is 11.9. The SMILES string of the molecule is O=C(NCCCCCCCCCCCCNC1CCCCCC1)C1CCCC1. The number of hydrogen-bond acceptors (Lipinski definition) is 2. The minimum Gasteiger partial charge on any atom is -0.356 e. The zero-order valence-corrected chi connectivity index (χ0v) is 18.6. The van der Waals surface area contributed by atoms with Crippen molar-refractivity contribution in [2.75, 3.05) is 13.1 Å². The first kappa shape index (κ1) is 23.7. The summed E-state index contributed by atoms with van der Waals surface area (Å²) in [6, 6.07) is 0.818. The van der Waals surface area contributed by atoms with Gasteiger partial charge in [0.15, 0.2) is 0 Å². The van der Waals surface area contributed by atoms with Gasteiger partial charge in [-0.05, 0) is 45.1 Å². The molecular formula is C25H48N2O. The van der Waals surface area contributed by atoms with Gasteiger partial charge in [-0.15, -0.1) is 0 Å². The molecular weight excluding hydrogens is 344 g/mol. The Morgan fingerprint density at radius 2 is 1.04 bits per heavy atom. The minimum absolute atomic E-state index is 0.321. The van der Waals surface area contributed by atoms with Crippen LogP contribution >= 0.6 is 0 Å². The van der Waals surface area contributed by atoms with Crippen molar-refractivity contribution >= 4 is 5.91 Å². The van der Waals surface area contributed by atoms with Crippen LogP contribution in [0.1, 0.15) is 128 Å². The van der Waals surface area contributed by atoms with Crippen molar-refractivity contribution in [1.82, 2.24) is 10.6 Å². The molecule has 0 heterocycles. The Morgan fingerprint density at radius 3 is 1.61 bits per heavy atom. The summed E-state index contributed by atoms with van der Waals surface area (Å²) in [5, 5.41) is 6.93. The standard InChI is InChI=1S/C25H48N2O/c28-25(23-17-13-14-18-23)27-22-16-10-6-4-2-1-3-5-9-15-21-26-24-19-11-7-8-12-20-24/h23-24,26H,1-22H2,(H,27,28). The predicted molar refractivity (Wildman–Crippen MR) is 121 cm³/mol. The first-order valence-corrected chi connectivity index (χ1v) is 12.9. The molecule has 3 heteroatoms. The van der Waals surface area contributed by atoms with E-state index in [9.17, 15) is 4.79 Å². The minimum atomic E-state index is 0.321. The van der Waals surface area contributed by atoms with Crippen molar-refractivity contribution in [3.05, 3.63) is 0 Å². The summed E-state index contributed by atoms with van der Waals surface area (Å²) in [5.74, 6) is 0.648. The number of hydrogen-bond donors (Lipinski definition) is 2. The molecule has 0 bridgehead atoms. The van der Waals surface area contributed by atoms with Crippen molar-refractivity contribution in [2.24, 2.45) is 5.92 Å². The molecule has 3 nitrogen and oxygen atoms in total. The largest absolute Gasteiger partial charge is 0.356 e. The maximum Gasteiger partial charge on any atom is 0.223 e. The van der Waals surface area contributed by atoms with E-state index in [-0.39, 0.29) is 0 Å². The summed E-state index contributed by atoms with van der Waals surface area (Å²) >= 11 is 0. The van der Waals surface area contributed by atoms with Crippen LogP contribution in [-0.4, -0.2) is 25.0 Å². The van der Waals surface area contributed by atoms with E-state index >= 15 is 0 Å². The van der Waals surface area contributed by atoms with Gasteiger partial charge in [0, 0.05) is 18.5 Å². The number of unbranched alkanes of at least 4 members (excludes halogenated alkanes) is 9. The Morgan fingerprint density at radius 1 is 0.571 bits per heavy atom. The van der Waals surface area contributed by atoms with Gasteiger partial charge < -0.3 is 10.6 Å². The van der Waals surface area contributed by atoms with Gasteiger partial charge in [-0.25, -0.2) is 0 Å². The van der Waals surface area contributed by atoms with E-state index in [2.05, 4.69) is 10.6 Å². The van der Waals surface area contributed by atoms with Gasteiger partial charge in [0.25, 0.3) is 0 Å². The first-order chi connectivity index (χ1) is 13.9. The molecule has 0 unspecified atom stereocenters. The van der Waals surface area contributed by atoms with Crippen LogP contribution in [0.2, 0.25) is 0 Å².